The van der Waals surface area contributed by atoms with Crippen LogP contribution in [0.2, 0.25) is 0 Å². The van der Waals surface area contributed by atoms with Gasteiger partial charge in [-0.15, -0.1) is 0 Å². The minimum absolute atomic E-state index is 0.248. The number of aliphatic hydroxyl groups is 11. The van der Waals surface area contributed by atoms with Gasteiger partial charge in [-0.1, -0.05) is 346 Å². The van der Waals surface area contributed by atoms with E-state index in [-0.39, 0.29) is 18.9 Å². The van der Waals surface area contributed by atoms with Crippen molar-refractivity contribution in [3.8, 4) is 0 Å². The summed E-state index contributed by atoms with van der Waals surface area (Å²) in [6.07, 6.45) is 55.7. The smallest absolute Gasteiger partial charge is 0.220 e. The third-order valence-corrected chi connectivity index (χ3v) is 21.7. The first kappa shape index (κ1) is 96.2. The van der Waals surface area contributed by atoms with Crippen LogP contribution in [-0.2, 0) is 33.2 Å². The van der Waals surface area contributed by atoms with Gasteiger partial charge in [0.15, 0.2) is 18.9 Å². The molecule has 12 N–H and O–H groups in total. The quantitative estimate of drug-likeness (QED) is 0.0199. The van der Waals surface area contributed by atoms with Gasteiger partial charge < -0.3 is 89.9 Å². The molecule has 0 spiro atoms. The fourth-order valence-electron chi connectivity index (χ4n) is 14.8. The van der Waals surface area contributed by atoms with Crippen LogP contribution < -0.4 is 5.32 Å². The molecule has 104 heavy (non-hydrogen) atoms. The summed E-state index contributed by atoms with van der Waals surface area (Å²) in [6, 6.07) is -0.973. The molecule has 19 nitrogen and oxygen atoms in total. The van der Waals surface area contributed by atoms with Crippen molar-refractivity contribution in [2.75, 3.05) is 26.4 Å². The molecule has 0 radical (unpaired) electrons. The van der Waals surface area contributed by atoms with Crippen molar-refractivity contribution in [1.82, 2.24) is 5.32 Å². The maximum atomic E-state index is 13.5. The van der Waals surface area contributed by atoms with E-state index in [9.17, 15) is 61.0 Å². The highest BCUT2D eigenvalue weighted by molar-refractivity contribution is 5.76. The summed E-state index contributed by atoms with van der Waals surface area (Å²) in [7, 11) is 0. The molecule has 3 rings (SSSR count). The number of hydrogen-bond acceptors (Lipinski definition) is 18. The molecule has 3 heterocycles. The highest BCUT2D eigenvalue weighted by atomic mass is 16.8. The molecule has 1 amide bonds. The topological polar surface area (TPSA) is 307 Å². The first-order valence-electron chi connectivity index (χ1n) is 43.2. The summed E-state index contributed by atoms with van der Waals surface area (Å²) < 4.78 is 34.5. The normalized spacial score (nSPS) is 26.0. The summed E-state index contributed by atoms with van der Waals surface area (Å²) in [5, 5.41) is 121. The Labute approximate surface area is 631 Å². The van der Waals surface area contributed by atoms with E-state index in [2.05, 4.69) is 43.5 Å². The number of unbranched alkanes of at least 4 members (excludes halogenated alkanes) is 50. The summed E-state index contributed by atoms with van der Waals surface area (Å²) in [4.78, 5) is 13.5. The molecule has 0 aromatic carbocycles. The van der Waals surface area contributed by atoms with Gasteiger partial charge >= 0.3 is 0 Å². The van der Waals surface area contributed by atoms with E-state index in [0.717, 1.165) is 51.4 Å². The third-order valence-electron chi connectivity index (χ3n) is 21.7. The molecule has 612 valence electrons. The van der Waals surface area contributed by atoms with Crippen LogP contribution in [0.4, 0.5) is 0 Å². The lowest BCUT2D eigenvalue weighted by Gasteiger charge is -2.48. The van der Waals surface area contributed by atoms with Crippen LogP contribution in [0.1, 0.15) is 367 Å². The highest BCUT2D eigenvalue weighted by Gasteiger charge is 2.54. The first-order chi connectivity index (χ1) is 50.8. The molecule has 0 bridgehead atoms. The predicted octanol–water partition coefficient (Wildman–Crippen LogP) is 15.5. The van der Waals surface area contributed by atoms with Crippen LogP contribution in [0.25, 0.3) is 0 Å². The van der Waals surface area contributed by atoms with Crippen molar-refractivity contribution >= 4 is 5.91 Å². The first-order valence-corrected chi connectivity index (χ1v) is 43.2. The van der Waals surface area contributed by atoms with Crippen molar-refractivity contribution < 1.29 is 89.4 Å². The molecular weight excluding hydrogens is 1320 g/mol. The molecule has 0 aromatic rings. The number of nitrogens with one attached hydrogen (secondary N) is 1. The number of rotatable bonds is 70. The number of allylic oxidation sites excluding steroid dienone is 5. The average Bonchev–Trinajstić information content (AvgIpc) is 0.783. The molecular formula is C85H159NO18. The maximum absolute atomic E-state index is 13.5. The SMILES string of the molecule is CCCCCCC/C=C\C/C=C\CCCCCCCCCCCCCCCCCCCCCCCCCC(=O)NC(COC1OC(CO)C(OC2OC(CO)C(OC3OC(CO)C(O)C(O)C3O)C(O)C2O)C(O)C1O)C(O)/C=C/CCCCCCCCCCCCCCCCCCCCCCCC. The minimum atomic E-state index is -1.98. The zero-order valence-electron chi connectivity index (χ0n) is 65.8. The Morgan fingerprint density at radius 2 is 0.635 bits per heavy atom. The number of carbonyl (C=O) groups is 1. The van der Waals surface area contributed by atoms with E-state index in [1.807, 2.05) is 6.08 Å². The molecule has 17 atom stereocenters. The van der Waals surface area contributed by atoms with Gasteiger partial charge in [-0.3, -0.25) is 4.79 Å². The fourth-order valence-corrected chi connectivity index (χ4v) is 14.8. The monoisotopic (exact) mass is 1480 g/mol. The van der Waals surface area contributed by atoms with Gasteiger partial charge in [0.25, 0.3) is 0 Å². The molecule has 0 aliphatic carbocycles. The number of aliphatic hydroxyl groups excluding tert-OH is 11. The molecule has 3 aliphatic rings. The fraction of sp³-hybridized carbons (Fsp3) is 0.918. The van der Waals surface area contributed by atoms with Gasteiger partial charge in [0.2, 0.25) is 5.91 Å². The Balaban J connectivity index is 1.33. The lowest BCUT2D eigenvalue weighted by atomic mass is 9.96. The number of hydrogen-bond donors (Lipinski definition) is 12. The van der Waals surface area contributed by atoms with Crippen LogP contribution in [0.5, 0.6) is 0 Å². The molecule has 0 aromatic heterocycles. The predicted molar refractivity (Wildman–Crippen MR) is 416 cm³/mol. The standard InChI is InChI=1S/C85H159NO18/c1-3-5-7-9-11-13-15-17-19-21-23-25-27-29-30-31-32-33-34-35-36-37-38-39-41-43-45-47-49-51-53-55-57-59-61-63-73(91)86-68(69(90)62-60-58-56-54-52-50-48-46-44-42-40-28-26-24-22-20-18-16-14-12-10-8-6-4-2)67-99-83-79(97)76(94)81(71(65-88)101-83)104-85-80(98)77(95)82(72(66-89)102-85)103-84-78(96)75(93)74(92)70(64-87)100-84/h15,17,21,23,60,62,68-72,74-85,87-90,92-98H,3-14,16,18-20,22,24-59,61,63-67H2,1-2H3,(H,86,91)/b17-15-,23-21-,62-60+. The van der Waals surface area contributed by atoms with E-state index in [1.54, 1.807) is 6.08 Å². The Morgan fingerprint density at radius 1 is 0.346 bits per heavy atom. The van der Waals surface area contributed by atoms with Gasteiger partial charge in [0.1, 0.15) is 73.2 Å². The molecule has 19 heteroatoms. The third kappa shape index (κ3) is 44.8. The summed E-state index contributed by atoms with van der Waals surface area (Å²) >= 11 is 0. The van der Waals surface area contributed by atoms with Gasteiger partial charge in [-0.05, 0) is 51.4 Å². The maximum Gasteiger partial charge on any atom is 0.220 e. The Kier molecular flexibility index (Phi) is 60.8. The Bertz CT molecular complexity index is 2020. The van der Waals surface area contributed by atoms with Crippen molar-refractivity contribution in [3.05, 3.63) is 36.5 Å². The van der Waals surface area contributed by atoms with Gasteiger partial charge in [-0.2, -0.15) is 0 Å². The minimum Gasteiger partial charge on any atom is -0.394 e. The van der Waals surface area contributed by atoms with E-state index in [1.165, 1.54) is 289 Å². The second kappa shape index (κ2) is 65.7. The molecule has 17 unspecified atom stereocenters. The van der Waals surface area contributed by atoms with Crippen LogP contribution >= 0.6 is 0 Å². The number of amides is 1. The van der Waals surface area contributed by atoms with Crippen molar-refractivity contribution in [2.45, 2.75) is 471 Å². The van der Waals surface area contributed by atoms with Crippen molar-refractivity contribution in [2.24, 2.45) is 0 Å². The largest absolute Gasteiger partial charge is 0.394 e. The van der Waals surface area contributed by atoms with Crippen molar-refractivity contribution in [3.63, 3.8) is 0 Å². The second-order valence-corrected chi connectivity index (χ2v) is 31.0. The van der Waals surface area contributed by atoms with E-state index >= 15 is 0 Å². The number of ether oxygens (including phenoxy) is 6. The van der Waals surface area contributed by atoms with Gasteiger partial charge in [0.05, 0.1) is 38.6 Å². The lowest BCUT2D eigenvalue weighted by molar-refractivity contribution is -0.379. The Hall–Kier alpha value is -1.99. The van der Waals surface area contributed by atoms with E-state index in [0.29, 0.717) is 6.42 Å². The van der Waals surface area contributed by atoms with E-state index in [4.69, 9.17) is 28.4 Å². The zero-order valence-corrected chi connectivity index (χ0v) is 65.8. The van der Waals surface area contributed by atoms with Crippen LogP contribution in [0.15, 0.2) is 36.5 Å². The van der Waals surface area contributed by atoms with Gasteiger partial charge in [-0.25, -0.2) is 0 Å². The number of carbonyl (C=O) groups excluding carboxylic acids is 1. The zero-order chi connectivity index (χ0) is 75.3. The highest BCUT2D eigenvalue weighted by Crippen LogP contribution is 2.33. The van der Waals surface area contributed by atoms with Gasteiger partial charge in [0, 0.05) is 6.42 Å². The van der Waals surface area contributed by atoms with Crippen LogP contribution in [-0.4, -0.2) is 193 Å². The average molecular weight is 1480 g/mol. The molecule has 3 saturated heterocycles. The molecule has 3 aliphatic heterocycles. The lowest BCUT2D eigenvalue weighted by Crippen LogP contribution is -2.66. The van der Waals surface area contributed by atoms with Crippen LogP contribution in [0.3, 0.4) is 0 Å². The van der Waals surface area contributed by atoms with E-state index < -0.39 is 124 Å². The van der Waals surface area contributed by atoms with Crippen LogP contribution in [0, 0.1) is 0 Å². The second-order valence-electron chi connectivity index (χ2n) is 31.0. The summed E-state index contributed by atoms with van der Waals surface area (Å²) in [5.74, 6) is -0.267. The summed E-state index contributed by atoms with van der Waals surface area (Å²) in [6.45, 7) is 1.79. The summed E-state index contributed by atoms with van der Waals surface area (Å²) in [5.41, 5.74) is 0. The molecule has 0 saturated carbocycles. The molecule has 3 fully saturated rings. The Morgan fingerprint density at radius 3 is 0.981 bits per heavy atom. The van der Waals surface area contributed by atoms with Crippen molar-refractivity contribution in [1.29, 1.82) is 0 Å².